The van der Waals surface area contributed by atoms with Gasteiger partial charge in [-0.15, -0.1) is 12.4 Å². The van der Waals surface area contributed by atoms with E-state index in [0.29, 0.717) is 54.7 Å². The zero-order chi connectivity index (χ0) is 24.2. The molecule has 35 heavy (non-hydrogen) atoms. The smallest absolute Gasteiger partial charge is 0.316 e. The summed E-state index contributed by atoms with van der Waals surface area (Å²) in [5.41, 5.74) is 7.24. The second-order valence-electron chi connectivity index (χ2n) is 8.43. The fraction of sp³-hybridized carbons (Fsp3) is 0.333. The second kappa shape index (κ2) is 11.7. The summed E-state index contributed by atoms with van der Waals surface area (Å²) in [6, 6.07) is 8.97. The summed E-state index contributed by atoms with van der Waals surface area (Å²) in [7, 11) is 1.49. The summed E-state index contributed by atoms with van der Waals surface area (Å²) < 4.78 is 18.5. The number of methoxy groups -OCH3 is 1. The number of hydrogen-bond acceptors (Lipinski definition) is 5. The topological polar surface area (TPSA) is 99.9 Å². The van der Waals surface area contributed by atoms with Gasteiger partial charge in [-0.1, -0.05) is 23.7 Å². The van der Waals surface area contributed by atoms with Crippen molar-refractivity contribution >= 4 is 47.7 Å². The molecule has 0 aromatic heterocycles. The van der Waals surface area contributed by atoms with Crippen molar-refractivity contribution in [1.82, 2.24) is 15.1 Å². The van der Waals surface area contributed by atoms with Crippen molar-refractivity contribution < 1.29 is 18.7 Å². The molecule has 8 nitrogen and oxygen atoms in total. The molecule has 11 heteroatoms. The van der Waals surface area contributed by atoms with E-state index in [2.05, 4.69) is 15.5 Å². The van der Waals surface area contributed by atoms with Crippen LogP contribution in [0.3, 0.4) is 0 Å². The van der Waals surface area contributed by atoms with Gasteiger partial charge in [0.2, 0.25) is 5.91 Å². The lowest BCUT2D eigenvalue weighted by atomic mass is 10.0. The molecule has 0 spiro atoms. The summed E-state index contributed by atoms with van der Waals surface area (Å²) in [5, 5.41) is 6.24. The van der Waals surface area contributed by atoms with Crippen LogP contribution in [0.5, 0.6) is 5.75 Å². The summed E-state index contributed by atoms with van der Waals surface area (Å²) in [6.45, 7) is 3.52. The van der Waals surface area contributed by atoms with Crippen molar-refractivity contribution in [3.63, 3.8) is 0 Å². The first-order valence-electron chi connectivity index (χ1n) is 11.0. The first-order chi connectivity index (χ1) is 16.3. The van der Waals surface area contributed by atoms with E-state index in [1.807, 2.05) is 4.90 Å². The van der Waals surface area contributed by atoms with Gasteiger partial charge in [-0.05, 0) is 35.9 Å². The van der Waals surface area contributed by atoms with Gasteiger partial charge in [-0.3, -0.25) is 9.69 Å². The molecule has 0 saturated carbocycles. The fourth-order valence-electron chi connectivity index (χ4n) is 4.58. The molecule has 188 valence electrons. The highest BCUT2D eigenvalue weighted by Crippen LogP contribution is 2.32. The van der Waals surface area contributed by atoms with Crippen LogP contribution in [0.2, 0.25) is 5.02 Å². The van der Waals surface area contributed by atoms with E-state index < -0.39 is 6.03 Å². The minimum absolute atomic E-state index is 0. The highest BCUT2D eigenvalue weighted by molar-refractivity contribution is 6.32. The molecule has 2 fully saturated rings. The average molecular weight is 524 g/mol. The third-order valence-corrected chi connectivity index (χ3v) is 6.34. The number of ether oxygens (including phenoxy) is 1. The van der Waals surface area contributed by atoms with Crippen LogP contribution in [-0.4, -0.2) is 67.1 Å². The molecule has 0 radical (unpaired) electrons. The molecule has 2 bridgehead atoms. The van der Waals surface area contributed by atoms with Crippen molar-refractivity contribution in [1.29, 1.82) is 0 Å². The molecule has 2 unspecified atom stereocenters. The zero-order valence-corrected chi connectivity index (χ0v) is 20.7. The fourth-order valence-corrected chi connectivity index (χ4v) is 4.82. The number of primary amides is 1. The highest BCUT2D eigenvalue weighted by Gasteiger charge is 2.39. The number of halogens is 3. The Morgan fingerprint density at radius 2 is 1.89 bits per heavy atom. The molecule has 3 amide bonds. The number of urea groups is 1. The number of fused-ring (bicyclic) bond motifs is 2. The van der Waals surface area contributed by atoms with Crippen LogP contribution in [0, 0.1) is 5.82 Å². The zero-order valence-electron chi connectivity index (χ0n) is 19.2. The summed E-state index contributed by atoms with van der Waals surface area (Å²) >= 11 is 6.17. The third kappa shape index (κ3) is 6.43. The van der Waals surface area contributed by atoms with Gasteiger partial charge in [0.1, 0.15) is 11.6 Å². The maximum Gasteiger partial charge on any atom is 0.316 e. The van der Waals surface area contributed by atoms with Crippen molar-refractivity contribution in [3.8, 4) is 5.75 Å². The molecule has 2 saturated heterocycles. The van der Waals surface area contributed by atoms with Gasteiger partial charge in [0, 0.05) is 44.4 Å². The van der Waals surface area contributed by atoms with Crippen molar-refractivity contribution in [3.05, 3.63) is 64.4 Å². The quantitative estimate of drug-likeness (QED) is 0.505. The Morgan fingerprint density at radius 1 is 1.23 bits per heavy atom. The number of carbonyl (C=O) groups is 2. The Bertz CT molecular complexity index is 1090. The first-order valence-corrected chi connectivity index (χ1v) is 11.3. The molecule has 2 atom stereocenters. The van der Waals surface area contributed by atoms with Gasteiger partial charge in [-0.25, -0.2) is 9.18 Å². The first kappa shape index (κ1) is 26.7. The van der Waals surface area contributed by atoms with Crippen LogP contribution in [0.1, 0.15) is 11.1 Å². The van der Waals surface area contributed by atoms with Gasteiger partial charge in [0.15, 0.2) is 0 Å². The molecule has 0 aliphatic carbocycles. The van der Waals surface area contributed by atoms with Gasteiger partial charge in [-0.2, -0.15) is 0 Å². The van der Waals surface area contributed by atoms with Crippen molar-refractivity contribution in [2.75, 3.05) is 38.6 Å². The SMILES string of the molecule is COc1cc(/C=C/C(=O)N2C3CNCC2CN(Cc2ccc(F)cc2)C3)c(NC(N)=O)cc1Cl.Cl. The van der Waals surface area contributed by atoms with Gasteiger partial charge in [0.25, 0.3) is 0 Å². The number of hydrogen-bond donors (Lipinski definition) is 3. The van der Waals surface area contributed by atoms with E-state index in [1.54, 1.807) is 24.3 Å². The number of nitrogens with one attached hydrogen (secondary N) is 2. The predicted molar refractivity (Wildman–Crippen MR) is 136 cm³/mol. The molecule has 2 heterocycles. The normalized spacial score (nSPS) is 19.8. The molecule has 2 aliphatic heterocycles. The number of nitrogens with two attached hydrogens (primary N) is 1. The molecule has 4 N–H and O–H groups in total. The second-order valence-corrected chi connectivity index (χ2v) is 8.84. The summed E-state index contributed by atoms with van der Waals surface area (Å²) in [5.74, 6) is 0.0515. The maximum atomic E-state index is 13.2. The standard InChI is InChI=1S/C24H27ClFN5O3.ClH/c1-34-22-8-16(21(9-20(22)25)29-24(27)33)4-7-23(32)31-18-10-28-11-19(31)14-30(13-18)12-15-2-5-17(26)6-3-15;/h2-9,18-19,28H,10-14H2,1H3,(H3,27,29,33);1H/b7-4+;. The third-order valence-electron chi connectivity index (χ3n) is 6.05. The van der Waals surface area contributed by atoms with Gasteiger partial charge in [0.05, 0.1) is 29.9 Å². The predicted octanol–water partition coefficient (Wildman–Crippen LogP) is 3.10. The van der Waals surface area contributed by atoms with E-state index in [4.69, 9.17) is 22.1 Å². The number of anilines is 1. The number of nitrogens with zero attached hydrogens (tertiary/aromatic N) is 2. The van der Waals surface area contributed by atoms with Crippen LogP contribution in [0.25, 0.3) is 6.08 Å². The lowest BCUT2D eigenvalue weighted by molar-refractivity contribution is -0.136. The molecular weight excluding hydrogens is 496 g/mol. The Morgan fingerprint density at radius 3 is 2.49 bits per heavy atom. The lowest BCUT2D eigenvalue weighted by Gasteiger charge is -2.50. The monoisotopic (exact) mass is 523 g/mol. The van der Waals surface area contributed by atoms with E-state index >= 15 is 0 Å². The maximum absolute atomic E-state index is 13.2. The van der Waals surface area contributed by atoms with Crippen molar-refractivity contribution in [2.45, 2.75) is 18.6 Å². The van der Waals surface area contributed by atoms with E-state index in [1.165, 1.54) is 31.4 Å². The highest BCUT2D eigenvalue weighted by atomic mass is 35.5. The average Bonchev–Trinajstić information content (AvgIpc) is 2.79. The lowest BCUT2D eigenvalue weighted by Crippen LogP contribution is -2.68. The summed E-state index contributed by atoms with van der Waals surface area (Å²) in [6.07, 6.45) is 3.12. The number of amides is 3. The largest absolute Gasteiger partial charge is 0.495 e. The van der Waals surface area contributed by atoms with Crippen LogP contribution >= 0.6 is 24.0 Å². The minimum atomic E-state index is -0.736. The van der Waals surface area contributed by atoms with Crippen LogP contribution < -0.4 is 21.1 Å². The molecule has 4 rings (SSSR count). The number of carbonyl (C=O) groups excluding carboxylic acids is 2. The number of rotatable bonds is 6. The molecule has 2 aromatic rings. The Kier molecular flexibility index (Phi) is 8.96. The van der Waals surface area contributed by atoms with E-state index in [-0.39, 0.29) is 36.2 Å². The molecular formula is C24H28Cl2FN5O3. The van der Waals surface area contributed by atoms with Crippen LogP contribution in [0.4, 0.5) is 14.9 Å². The molecule has 2 aliphatic rings. The van der Waals surface area contributed by atoms with Gasteiger partial charge >= 0.3 is 6.03 Å². The number of piperazine rings is 2. The van der Waals surface area contributed by atoms with E-state index in [9.17, 15) is 14.0 Å². The number of benzene rings is 2. The van der Waals surface area contributed by atoms with E-state index in [0.717, 1.165) is 5.56 Å². The minimum Gasteiger partial charge on any atom is -0.495 e. The van der Waals surface area contributed by atoms with Crippen LogP contribution in [0.15, 0.2) is 42.5 Å². The van der Waals surface area contributed by atoms with Gasteiger partial charge < -0.3 is 26.0 Å². The Labute approximate surface area is 214 Å². The van der Waals surface area contributed by atoms with Crippen molar-refractivity contribution in [2.24, 2.45) is 5.73 Å². The Hall–Kier alpha value is -2.85. The Balaban J connectivity index is 0.00000342. The van der Waals surface area contributed by atoms with Crippen LogP contribution in [-0.2, 0) is 11.3 Å². The molecule has 2 aromatic carbocycles. The summed E-state index contributed by atoms with van der Waals surface area (Å²) in [4.78, 5) is 28.8.